The molecule has 1 heterocycles. The van der Waals surface area contributed by atoms with E-state index in [1.54, 1.807) is 0 Å². The zero-order chi connectivity index (χ0) is 11.4. The standard InChI is InChI=1S/C10H10N4O2/c1-16-10(15)8(9-11-13-14-12-9)7-5-3-2-4-6-7/h2-6,8H,1H3,(H,11,12,13,14). The Kier molecular flexibility index (Phi) is 2.90. The molecule has 0 spiro atoms. The van der Waals surface area contributed by atoms with Gasteiger partial charge in [0.05, 0.1) is 7.11 Å². The van der Waals surface area contributed by atoms with Gasteiger partial charge in [-0.25, -0.2) is 0 Å². The lowest BCUT2D eigenvalue weighted by Gasteiger charge is -2.10. The minimum Gasteiger partial charge on any atom is -0.468 e. The van der Waals surface area contributed by atoms with Crippen molar-refractivity contribution in [1.29, 1.82) is 0 Å². The quantitative estimate of drug-likeness (QED) is 0.759. The van der Waals surface area contributed by atoms with Gasteiger partial charge < -0.3 is 4.74 Å². The summed E-state index contributed by atoms with van der Waals surface area (Å²) < 4.78 is 4.73. The average molecular weight is 218 g/mol. The van der Waals surface area contributed by atoms with E-state index in [4.69, 9.17) is 4.74 Å². The Hall–Kier alpha value is -2.24. The first-order valence-corrected chi connectivity index (χ1v) is 4.69. The van der Waals surface area contributed by atoms with Gasteiger partial charge >= 0.3 is 5.97 Å². The topological polar surface area (TPSA) is 80.8 Å². The van der Waals surface area contributed by atoms with Crippen molar-refractivity contribution in [3.63, 3.8) is 0 Å². The Morgan fingerprint density at radius 3 is 2.69 bits per heavy atom. The van der Waals surface area contributed by atoms with Crippen molar-refractivity contribution in [2.24, 2.45) is 0 Å². The molecule has 0 saturated carbocycles. The van der Waals surface area contributed by atoms with Crippen LogP contribution in [-0.2, 0) is 9.53 Å². The van der Waals surface area contributed by atoms with E-state index >= 15 is 0 Å². The van der Waals surface area contributed by atoms with Gasteiger partial charge in [0.2, 0.25) is 0 Å². The fraction of sp³-hybridized carbons (Fsp3) is 0.200. The molecule has 6 nitrogen and oxygen atoms in total. The Morgan fingerprint density at radius 2 is 2.12 bits per heavy atom. The molecule has 0 aliphatic rings. The van der Waals surface area contributed by atoms with Crippen molar-refractivity contribution < 1.29 is 9.53 Å². The highest BCUT2D eigenvalue weighted by molar-refractivity contribution is 5.80. The highest BCUT2D eigenvalue weighted by atomic mass is 16.5. The zero-order valence-corrected chi connectivity index (χ0v) is 8.62. The minimum absolute atomic E-state index is 0.304. The van der Waals surface area contributed by atoms with Crippen LogP contribution in [0.15, 0.2) is 30.3 Å². The number of carbonyl (C=O) groups is 1. The van der Waals surface area contributed by atoms with Crippen molar-refractivity contribution in [3.8, 4) is 0 Å². The van der Waals surface area contributed by atoms with E-state index in [1.165, 1.54) is 7.11 Å². The zero-order valence-electron chi connectivity index (χ0n) is 8.62. The highest BCUT2D eigenvalue weighted by Gasteiger charge is 2.27. The normalized spacial score (nSPS) is 12.1. The molecule has 0 radical (unpaired) electrons. The van der Waals surface area contributed by atoms with Gasteiger partial charge in [-0.15, -0.1) is 10.2 Å². The number of benzene rings is 1. The maximum atomic E-state index is 11.7. The number of H-pyrrole nitrogens is 1. The van der Waals surface area contributed by atoms with Crippen molar-refractivity contribution in [2.75, 3.05) is 7.11 Å². The predicted octanol–water partition coefficient (Wildman–Crippen LogP) is 0.505. The second-order valence-electron chi connectivity index (χ2n) is 3.14. The molecule has 0 amide bonds. The average Bonchev–Trinajstić information content (AvgIpc) is 2.84. The summed E-state index contributed by atoms with van der Waals surface area (Å²) in [5.74, 6) is -0.740. The fourth-order valence-electron chi connectivity index (χ4n) is 1.45. The van der Waals surface area contributed by atoms with Crippen LogP contribution in [0.25, 0.3) is 0 Å². The number of methoxy groups -OCH3 is 1. The van der Waals surface area contributed by atoms with Crippen LogP contribution in [0.5, 0.6) is 0 Å². The Balaban J connectivity index is 2.40. The predicted molar refractivity (Wildman–Crippen MR) is 54.5 cm³/mol. The number of esters is 1. The minimum atomic E-state index is -0.634. The SMILES string of the molecule is COC(=O)C(c1ccccc1)c1nn[nH]n1. The molecule has 6 heteroatoms. The number of tetrazole rings is 1. The number of hydrogen-bond acceptors (Lipinski definition) is 5. The molecule has 2 rings (SSSR count). The summed E-state index contributed by atoms with van der Waals surface area (Å²) in [6.45, 7) is 0. The highest BCUT2D eigenvalue weighted by Crippen LogP contribution is 2.21. The molecule has 1 aromatic heterocycles. The van der Waals surface area contributed by atoms with E-state index in [1.807, 2.05) is 30.3 Å². The molecule has 1 atom stereocenters. The van der Waals surface area contributed by atoms with Crippen molar-refractivity contribution in [2.45, 2.75) is 5.92 Å². The van der Waals surface area contributed by atoms with Crippen LogP contribution in [0.3, 0.4) is 0 Å². The van der Waals surface area contributed by atoms with Gasteiger partial charge in [-0.05, 0) is 5.56 Å². The molecule has 0 aliphatic carbocycles. The van der Waals surface area contributed by atoms with Crippen LogP contribution in [0.2, 0.25) is 0 Å². The van der Waals surface area contributed by atoms with Crippen molar-refractivity contribution in [1.82, 2.24) is 20.6 Å². The number of aromatic amines is 1. The molecule has 0 saturated heterocycles. The number of aromatic nitrogens is 4. The van der Waals surface area contributed by atoms with Gasteiger partial charge in [0.15, 0.2) is 5.82 Å². The number of nitrogens with zero attached hydrogens (tertiary/aromatic N) is 3. The monoisotopic (exact) mass is 218 g/mol. The van der Waals surface area contributed by atoms with Crippen LogP contribution >= 0.6 is 0 Å². The van der Waals surface area contributed by atoms with E-state index in [9.17, 15) is 4.79 Å². The van der Waals surface area contributed by atoms with E-state index < -0.39 is 11.9 Å². The Bertz CT molecular complexity index is 455. The first-order chi connectivity index (χ1) is 7.83. The van der Waals surface area contributed by atoms with Crippen molar-refractivity contribution in [3.05, 3.63) is 41.7 Å². The van der Waals surface area contributed by atoms with Gasteiger partial charge in [-0.1, -0.05) is 35.5 Å². The number of nitrogens with one attached hydrogen (secondary N) is 1. The summed E-state index contributed by atoms with van der Waals surface area (Å²) in [6, 6.07) is 9.18. The molecule has 1 unspecified atom stereocenters. The molecule has 2 aromatic rings. The van der Waals surface area contributed by atoms with Crippen LogP contribution < -0.4 is 0 Å². The summed E-state index contributed by atoms with van der Waals surface area (Å²) in [6.07, 6.45) is 0. The summed E-state index contributed by atoms with van der Waals surface area (Å²) in [7, 11) is 1.33. The lowest BCUT2D eigenvalue weighted by atomic mass is 9.99. The maximum Gasteiger partial charge on any atom is 0.321 e. The first-order valence-electron chi connectivity index (χ1n) is 4.69. The van der Waals surface area contributed by atoms with Gasteiger partial charge in [0.25, 0.3) is 0 Å². The van der Waals surface area contributed by atoms with Crippen molar-refractivity contribution >= 4 is 5.97 Å². The first kappa shape index (κ1) is 10.3. The molecule has 0 aliphatic heterocycles. The molecule has 16 heavy (non-hydrogen) atoms. The molecule has 0 bridgehead atoms. The molecular weight excluding hydrogens is 208 g/mol. The lowest BCUT2D eigenvalue weighted by molar-refractivity contribution is -0.141. The fourth-order valence-corrected chi connectivity index (χ4v) is 1.45. The second-order valence-corrected chi connectivity index (χ2v) is 3.14. The van der Waals surface area contributed by atoms with Crippen LogP contribution in [0, 0.1) is 0 Å². The third-order valence-corrected chi connectivity index (χ3v) is 2.19. The summed E-state index contributed by atoms with van der Waals surface area (Å²) in [5, 5.41) is 13.4. The van der Waals surface area contributed by atoms with E-state index in [2.05, 4.69) is 20.6 Å². The van der Waals surface area contributed by atoms with Gasteiger partial charge in [-0.3, -0.25) is 4.79 Å². The Morgan fingerprint density at radius 1 is 1.38 bits per heavy atom. The largest absolute Gasteiger partial charge is 0.468 e. The summed E-state index contributed by atoms with van der Waals surface area (Å²) >= 11 is 0. The third kappa shape index (κ3) is 1.90. The number of ether oxygens (including phenoxy) is 1. The van der Waals surface area contributed by atoms with Crippen LogP contribution in [-0.4, -0.2) is 33.7 Å². The van der Waals surface area contributed by atoms with E-state index in [0.717, 1.165) is 5.56 Å². The molecular formula is C10H10N4O2. The van der Waals surface area contributed by atoms with Gasteiger partial charge in [-0.2, -0.15) is 5.21 Å². The number of hydrogen-bond donors (Lipinski definition) is 1. The number of carbonyl (C=O) groups excluding carboxylic acids is 1. The summed E-state index contributed by atoms with van der Waals surface area (Å²) in [4.78, 5) is 11.7. The van der Waals surface area contributed by atoms with Gasteiger partial charge in [0.1, 0.15) is 5.92 Å². The molecule has 0 fully saturated rings. The third-order valence-electron chi connectivity index (χ3n) is 2.19. The molecule has 82 valence electrons. The maximum absolute atomic E-state index is 11.7. The van der Waals surface area contributed by atoms with E-state index in [0.29, 0.717) is 5.82 Å². The van der Waals surface area contributed by atoms with E-state index in [-0.39, 0.29) is 0 Å². The van der Waals surface area contributed by atoms with Crippen LogP contribution in [0.4, 0.5) is 0 Å². The Labute approximate surface area is 91.6 Å². The molecule has 1 aromatic carbocycles. The molecule has 1 N–H and O–H groups in total. The lowest BCUT2D eigenvalue weighted by Crippen LogP contribution is -2.17. The van der Waals surface area contributed by atoms with Crippen LogP contribution in [0.1, 0.15) is 17.3 Å². The number of rotatable bonds is 3. The summed E-state index contributed by atoms with van der Waals surface area (Å²) in [5.41, 5.74) is 0.774. The second kappa shape index (κ2) is 4.52. The smallest absolute Gasteiger partial charge is 0.321 e. The van der Waals surface area contributed by atoms with Gasteiger partial charge in [0, 0.05) is 0 Å².